The Labute approximate surface area is 312 Å². The molecule has 49 heavy (non-hydrogen) atoms. The molecule has 4 nitrogen and oxygen atoms in total. The summed E-state index contributed by atoms with van der Waals surface area (Å²) in [4.78, 5) is 8.75. The Morgan fingerprint density at radius 3 is 2.04 bits per heavy atom. The van der Waals surface area contributed by atoms with Gasteiger partial charge in [0.2, 0.25) is 6.67 Å². The second-order valence-electron chi connectivity index (χ2n) is 14.3. The number of pyridine rings is 1. The molecule has 2 radical (unpaired) electrons. The van der Waals surface area contributed by atoms with E-state index < -0.39 is 0 Å². The third kappa shape index (κ3) is 9.36. The summed E-state index contributed by atoms with van der Waals surface area (Å²) in [6.45, 7) is 27.9. The van der Waals surface area contributed by atoms with E-state index in [0.29, 0.717) is 18.8 Å². The number of hydrogen-bond acceptors (Lipinski definition) is 4. The van der Waals surface area contributed by atoms with E-state index in [2.05, 4.69) is 137 Å². The largest absolute Gasteiger partial charge is 0.305 e. The normalized spacial score (nSPS) is 18.4. The van der Waals surface area contributed by atoms with Crippen LogP contribution in [0.1, 0.15) is 84.5 Å². The molecule has 6 heteroatoms. The third-order valence-corrected chi connectivity index (χ3v) is 11.1. The third-order valence-electron chi connectivity index (χ3n) is 11.1. The molecule has 0 saturated heterocycles. The number of nitrogens with zero attached hydrogens (tertiary/aromatic N) is 3. The number of aryl methyl sites for hydroxylation is 2. The minimum absolute atomic E-state index is 0.328. The molecule has 2 aliphatic rings. The monoisotopic (exact) mass is 769 g/mol. The van der Waals surface area contributed by atoms with Crippen molar-refractivity contribution in [3.63, 3.8) is 0 Å². The van der Waals surface area contributed by atoms with Gasteiger partial charge in [-0.3, -0.25) is 0 Å². The van der Waals surface area contributed by atoms with E-state index in [0.717, 1.165) is 29.6 Å². The van der Waals surface area contributed by atoms with Gasteiger partial charge in [0.1, 0.15) is 6.73 Å². The van der Waals surface area contributed by atoms with Gasteiger partial charge in [-0.1, -0.05) is 32.9 Å². The molecule has 0 unspecified atom stereocenters. The van der Waals surface area contributed by atoms with Crippen LogP contribution in [-0.2, 0) is 29.5 Å². The molecule has 2 heterocycles. The van der Waals surface area contributed by atoms with Crippen LogP contribution in [0.4, 0.5) is 11.4 Å². The van der Waals surface area contributed by atoms with E-state index in [1.165, 1.54) is 75.1 Å². The second kappa shape index (κ2) is 18.0. The molecular formula is C43H54ClN3OPd. The SMILES string of the molecule is Cc1cc2c(cc1C)N(Cc1c(C)c(C)c(C)c(C)c1C)[C]N2CO[C@H]1C[C@H](C(C)C)CC[C@@H]1C.[Cl][Pd+].[c-]1ccccc1-c1ccccn1. The van der Waals surface area contributed by atoms with Crippen molar-refractivity contribution in [2.75, 3.05) is 16.5 Å². The molecule has 1 aliphatic carbocycles. The van der Waals surface area contributed by atoms with Crippen molar-refractivity contribution in [2.45, 2.75) is 101 Å². The molecule has 264 valence electrons. The number of aromatic nitrogens is 1. The number of hydrogen-bond donors (Lipinski definition) is 0. The molecule has 0 amide bonds. The van der Waals surface area contributed by atoms with Crippen LogP contribution in [0.3, 0.4) is 0 Å². The van der Waals surface area contributed by atoms with Crippen LogP contribution in [0.25, 0.3) is 11.3 Å². The Morgan fingerprint density at radius 2 is 1.47 bits per heavy atom. The van der Waals surface area contributed by atoms with Crippen molar-refractivity contribution in [3.05, 3.63) is 118 Å². The van der Waals surface area contributed by atoms with Crippen LogP contribution in [0.2, 0.25) is 0 Å². The van der Waals surface area contributed by atoms with Gasteiger partial charge in [-0.15, -0.1) is 35.9 Å². The van der Waals surface area contributed by atoms with Crippen molar-refractivity contribution < 1.29 is 22.9 Å². The fourth-order valence-corrected chi connectivity index (χ4v) is 7.06. The predicted octanol–water partition coefficient (Wildman–Crippen LogP) is 11.3. The minimum atomic E-state index is 0.328. The van der Waals surface area contributed by atoms with Crippen LogP contribution < -0.4 is 9.80 Å². The summed E-state index contributed by atoms with van der Waals surface area (Å²) < 4.78 is 6.62. The topological polar surface area (TPSA) is 28.6 Å². The zero-order valence-corrected chi connectivity index (χ0v) is 33.4. The van der Waals surface area contributed by atoms with Crippen LogP contribution in [0, 0.1) is 79.0 Å². The molecular weight excluding hydrogens is 716 g/mol. The van der Waals surface area contributed by atoms with Gasteiger partial charge in [-0.05, 0) is 154 Å². The number of ether oxygens (including phenoxy) is 1. The molecule has 1 fully saturated rings. The first kappa shape index (κ1) is 39.1. The van der Waals surface area contributed by atoms with Crippen LogP contribution >= 0.6 is 9.53 Å². The smallest absolute Gasteiger partial charge is 0.0160 e. The van der Waals surface area contributed by atoms with E-state index in [1.807, 2.05) is 42.5 Å². The summed E-state index contributed by atoms with van der Waals surface area (Å²) in [6.07, 6.45) is 5.90. The van der Waals surface area contributed by atoms with Gasteiger partial charge in [-0.2, -0.15) is 0 Å². The molecule has 1 saturated carbocycles. The van der Waals surface area contributed by atoms with E-state index in [9.17, 15) is 0 Å². The number of halogens is 1. The number of fused-ring (bicyclic) bond motifs is 1. The quantitative estimate of drug-likeness (QED) is 0.138. The van der Waals surface area contributed by atoms with E-state index >= 15 is 0 Å². The van der Waals surface area contributed by atoms with E-state index in [1.54, 1.807) is 6.20 Å². The molecule has 1 aliphatic heterocycles. The Hall–Kier alpha value is -2.68. The summed E-state index contributed by atoms with van der Waals surface area (Å²) in [5.41, 5.74) is 15.6. The molecule has 4 aromatic rings. The molecule has 0 bridgehead atoms. The first-order valence-electron chi connectivity index (χ1n) is 17.6. The number of rotatable bonds is 7. The summed E-state index contributed by atoms with van der Waals surface area (Å²) in [5, 5.41) is 0. The van der Waals surface area contributed by atoms with Crippen LogP contribution in [-0.4, -0.2) is 17.8 Å². The van der Waals surface area contributed by atoms with Crippen LogP contribution in [0.15, 0.2) is 60.8 Å². The standard InChI is InChI=1S/C32H46N2O.C11H8N.ClH.Pd/c1-19(2)28-12-11-20(3)32(15-28)35-18-34-17-33(30-13-21(4)22(5)14-31(30)34)16-29-26(9)24(7)23(6)25(8)27(29)10;1-2-6-10(7-3-1)11-8-4-5-9-12-11;;/h13-14,19-20,28,32H,11-12,15-16,18H2,1-10H3;1-6,8-9H;1H;/q;-1;;+2/p-1/t20-,28+,32-;;;/m0.../s1. The molecule has 1 aromatic heterocycles. The summed E-state index contributed by atoms with van der Waals surface area (Å²) in [5.74, 6) is 2.12. The summed E-state index contributed by atoms with van der Waals surface area (Å²) >= 11 is 2.22. The minimum Gasteiger partial charge on any atom is -0.305 e. The summed E-state index contributed by atoms with van der Waals surface area (Å²) in [7, 11) is 4.49. The van der Waals surface area contributed by atoms with E-state index in [4.69, 9.17) is 4.74 Å². The Bertz CT molecular complexity index is 1590. The molecule has 3 aromatic carbocycles. The van der Waals surface area contributed by atoms with Crippen LogP contribution in [0.5, 0.6) is 0 Å². The van der Waals surface area contributed by atoms with Gasteiger partial charge in [-0.25, -0.2) is 0 Å². The predicted molar refractivity (Wildman–Crippen MR) is 203 cm³/mol. The van der Waals surface area contributed by atoms with Gasteiger partial charge in [0.05, 0.1) is 17.5 Å². The van der Waals surface area contributed by atoms with Crippen molar-refractivity contribution in [3.8, 4) is 11.3 Å². The zero-order valence-electron chi connectivity index (χ0n) is 31.1. The summed E-state index contributed by atoms with van der Waals surface area (Å²) in [6, 6.07) is 21.5. The number of anilines is 2. The average molecular weight is 771 g/mol. The van der Waals surface area contributed by atoms with Gasteiger partial charge in [0.25, 0.3) is 0 Å². The zero-order chi connectivity index (χ0) is 35.8. The maximum atomic E-state index is 6.62. The number of benzene rings is 3. The van der Waals surface area contributed by atoms with Crippen molar-refractivity contribution in [1.29, 1.82) is 0 Å². The van der Waals surface area contributed by atoms with Gasteiger partial charge in [0, 0.05) is 12.7 Å². The average Bonchev–Trinajstić information content (AvgIpc) is 3.45. The Kier molecular flexibility index (Phi) is 14.4. The fraction of sp³-hybridized carbons (Fsp3) is 0.442. The van der Waals surface area contributed by atoms with E-state index in [-0.39, 0.29) is 0 Å². The maximum Gasteiger partial charge on any atom is 0.0160 e. The first-order chi connectivity index (χ1) is 23.5. The van der Waals surface area contributed by atoms with Crippen molar-refractivity contribution in [1.82, 2.24) is 4.98 Å². The Balaban J connectivity index is 0.000000321. The van der Waals surface area contributed by atoms with Crippen molar-refractivity contribution >= 4 is 20.9 Å². The van der Waals surface area contributed by atoms with Gasteiger partial charge < -0.3 is 19.5 Å². The first-order valence-corrected chi connectivity index (χ1v) is 19.6. The maximum absolute atomic E-state index is 6.62. The van der Waals surface area contributed by atoms with Gasteiger partial charge >= 0.3 is 27.7 Å². The molecule has 6 rings (SSSR count). The second-order valence-corrected chi connectivity index (χ2v) is 14.3. The molecule has 0 N–H and O–H groups in total. The fourth-order valence-electron chi connectivity index (χ4n) is 7.06. The molecule has 0 spiro atoms. The molecule has 3 atom stereocenters. The van der Waals surface area contributed by atoms with Gasteiger partial charge in [0.15, 0.2) is 0 Å². The van der Waals surface area contributed by atoms with Crippen molar-refractivity contribution in [2.24, 2.45) is 17.8 Å². The Morgan fingerprint density at radius 1 is 0.857 bits per heavy atom.